The van der Waals surface area contributed by atoms with Crippen LogP contribution in [0.3, 0.4) is 0 Å². The summed E-state index contributed by atoms with van der Waals surface area (Å²) in [5.74, 6) is -0.901. The topological polar surface area (TPSA) is 30.5 Å². The van der Waals surface area contributed by atoms with Crippen molar-refractivity contribution in [1.82, 2.24) is 5.32 Å². The Morgan fingerprint density at radius 2 is 2.05 bits per heavy atom. The van der Waals surface area contributed by atoms with Crippen LogP contribution >= 0.6 is 0 Å². The smallest absolute Gasteiger partial charge is 0.134 e. The molecule has 0 amide bonds. The summed E-state index contributed by atoms with van der Waals surface area (Å²) in [5.41, 5.74) is 0.0715. The quantitative estimate of drug-likeness (QED) is 0.902. The second kappa shape index (κ2) is 6.50. The van der Waals surface area contributed by atoms with Crippen molar-refractivity contribution in [3.63, 3.8) is 0 Å². The van der Waals surface area contributed by atoms with Gasteiger partial charge in [-0.2, -0.15) is 0 Å². The van der Waals surface area contributed by atoms with E-state index in [1.54, 1.807) is 7.05 Å². The Morgan fingerprint density at radius 3 is 2.55 bits per heavy atom. The molecule has 1 aromatic rings. The Kier molecular flexibility index (Phi) is 4.94. The molecular formula is C15H21F2NO2. The molecule has 1 aliphatic rings. The Bertz CT molecular complexity index is 444. The van der Waals surface area contributed by atoms with Crippen LogP contribution in [0.5, 0.6) is 5.75 Å². The van der Waals surface area contributed by atoms with E-state index in [4.69, 9.17) is 9.47 Å². The molecule has 0 aliphatic carbocycles. The van der Waals surface area contributed by atoms with Gasteiger partial charge in [-0.15, -0.1) is 0 Å². The molecular weight excluding hydrogens is 264 g/mol. The molecule has 1 N–H and O–H groups in total. The van der Waals surface area contributed by atoms with E-state index in [1.807, 2.05) is 6.92 Å². The number of methoxy groups -OCH3 is 1. The first-order valence-electron chi connectivity index (χ1n) is 6.94. The third-order valence-electron chi connectivity index (χ3n) is 4.00. The van der Waals surface area contributed by atoms with Crippen LogP contribution < -0.4 is 10.1 Å². The fourth-order valence-electron chi connectivity index (χ4n) is 3.02. The van der Waals surface area contributed by atoms with Gasteiger partial charge in [0.1, 0.15) is 17.4 Å². The molecule has 5 heteroatoms. The Hall–Kier alpha value is -1.20. The highest BCUT2D eigenvalue weighted by Crippen LogP contribution is 2.37. The summed E-state index contributed by atoms with van der Waals surface area (Å²) in [6.45, 7) is 2.66. The number of nitrogens with one attached hydrogen (secondary N) is 1. The van der Waals surface area contributed by atoms with Crippen LogP contribution in [0.4, 0.5) is 8.78 Å². The first-order valence-corrected chi connectivity index (χ1v) is 6.94. The van der Waals surface area contributed by atoms with Gasteiger partial charge in [-0.3, -0.25) is 0 Å². The monoisotopic (exact) mass is 285 g/mol. The second-order valence-corrected chi connectivity index (χ2v) is 5.04. The summed E-state index contributed by atoms with van der Waals surface area (Å²) >= 11 is 0. The minimum absolute atomic E-state index is 0.0355. The minimum Gasteiger partial charge on any atom is -0.497 e. The Morgan fingerprint density at radius 1 is 1.40 bits per heavy atom. The Labute approximate surface area is 118 Å². The molecule has 0 radical (unpaired) electrons. The molecule has 1 aromatic carbocycles. The highest BCUT2D eigenvalue weighted by molar-refractivity contribution is 5.33. The molecule has 0 bridgehead atoms. The van der Waals surface area contributed by atoms with Crippen molar-refractivity contribution < 1.29 is 18.3 Å². The lowest BCUT2D eigenvalue weighted by Gasteiger charge is -2.28. The van der Waals surface area contributed by atoms with Crippen molar-refractivity contribution in [3.8, 4) is 5.75 Å². The molecule has 20 heavy (non-hydrogen) atoms. The lowest BCUT2D eigenvalue weighted by atomic mass is 9.86. The van der Waals surface area contributed by atoms with E-state index < -0.39 is 17.7 Å². The maximum atomic E-state index is 14.2. The molecule has 3 atom stereocenters. The molecule has 0 spiro atoms. The number of hydrogen-bond donors (Lipinski definition) is 1. The predicted octanol–water partition coefficient (Wildman–Crippen LogP) is 3.05. The number of benzene rings is 1. The third kappa shape index (κ3) is 2.79. The number of halogens is 2. The van der Waals surface area contributed by atoms with Crippen LogP contribution in [0.2, 0.25) is 0 Å². The van der Waals surface area contributed by atoms with Gasteiger partial charge >= 0.3 is 0 Å². The first-order chi connectivity index (χ1) is 9.62. The standard InChI is InChI=1S/C15H21F2NO2/c1-4-13-10(5-6-20-13)15(18-2)14-11(16)7-9(19-3)8-12(14)17/h7-8,10,13,15,18H,4-6H2,1-3H3. The van der Waals surface area contributed by atoms with Crippen molar-refractivity contribution in [2.75, 3.05) is 20.8 Å². The van der Waals surface area contributed by atoms with Crippen LogP contribution in [0.1, 0.15) is 31.4 Å². The zero-order valence-electron chi connectivity index (χ0n) is 12.1. The molecule has 1 aliphatic heterocycles. The maximum Gasteiger partial charge on any atom is 0.134 e. The van der Waals surface area contributed by atoms with Crippen molar-refractivity contribution >= 4 is 0 Å². The second-order valence-electron chi connectivity index (χ2n) is 5.04. The van der Waals surface area contributed by atoms with E-state index in [1.165, 1.54) is 19.2 Å². The van der Waals surface area contributed by atoms with E-state index in [9.17, 15) is 8.78 Å². The van der Waals surface area contributed by atoms with E-state index in [2.05, 4.69) is 5.32 Å². The van der Waals surface area contributed by atoms with Crippen LogP contribution in [0.25, 0.3) is 0 Å². The predicted molar refractivity (Wildman–Crippen MR) is 72.8 cm³/mol. The SMILES string of the molecule is CCC1OCCC1C(NC)c1c(F)cc(OC)cc1F. The molecule has 112 valence electrons. The zero-order valence-corrected chi connectivity index (χ0v) is 12.1. The van der Waals surface area contributed by atoms with Gasteiger partial charge in [0.2, 0.25) is 0 Å². The number of rotatable bonds is 5. The highest BCUT2D eigenvalue weighted by atomic mass is 19.1. The van der Waals surface area contributed by atoms with Crippen LogP contribution in [-0.2, 0) is 4.74 Å². The molecule has 0 saturated carbocycles. The van der Waals surface area contributed by atoms with Gasteiger partial charge < -0.3 is 14.8 Å². The maximum absolute atomic E-state index is 14.2. The fourth-order valence-corrected chi connectivity index (χ4v) is 3.02. The molecule has 1 heterocycles. The fraction of sp³-hybridized carbons (Fsp3) is 0.600. The average Bonchev–Trinajstić information content (AvgIpc) is 2.90. The van der Waals surface area contributed by atoms with E-state index in [-0.39, 0.29) is 23.3 Å². The summed E-state index contributed by atoms with van der Waals surface area (Å²) in [6.07, 6.45) is 1.67. The Balaban J connectivity index is 2.36. The lowest BCUT2D eigenvalue weighted by Crippen LogP contribution is -2.32. The lowest BCUT2D eigenvalue weighted by molar-refractivity contribution is 0.0774. The van der Waals surface area contributed by atoms with Crippen molar-refractivity contribution in [2.24, 2.45) is 5.92 Å². The van der Waals surface area contributed by atoms with E-state index in [0.29, 0.717) is 6.61 Å². The van der Waals surface area contributed by atoms with Gasteiger partial charge in [0, 0.05) is 36.3 Å². The summed E-state index contributed by atoms with van der Waals surface area (Å²) < 4.78 is 39.0. The number of ether oxygens (including phenoxy) is 2. The molecule has 3 nitrogen and oxygen atoms in total. The molecule has 1 fully saturated rings. The van der Waals surface area contributed by atoms with Crippen LogP contribution in [-0.4, -0.2) is 26.9 Å². The largest absolute Gasteiger partial charge is 0.497 e. The molecule has 3 unspecified atom stereocenters. The molecule has 0 aromatic heterocycles. The summed E-state index contributed by atoms with van der Waals surface area (Å²) in [4.78, 5) is 0. The summed E-state index contributed by atoms with van der Waals surface area (Å²) in [6, 6.07) is 2.05. The van der Waals surface area contributed by atoms with E-state index in [0.717, 1.165) is 12.8 Å². The van der Waals surface area contributed by atoms with Gasteiger partial charge in [0.15, 0.2) is 0 Å². The minimum atomic E-state index is -0.581. The van der Waals surface area contributed by atoms with Gasteiger partial charge in [-0.05, 0) is 19.9 Å². The van der Waals surface area contributed by atoms with Gasteiger partial charge in [0.25, 0.3) is 0 Å². The third-order valence-corrected chi connectivity index (χ3v) is 4.00. The van der Waals surface area contributed by atoms with E-state index >= 15 is 0 Å². The molecule has 1 saturated heterocycles. The number of hydrogen-bond acceptors (Lipinski definition) is 3. The van der Waals surface area contributed by atoms with Gasteiger partial charge in [-0.1, -0.05) is 6.92 Å². The van der Waals surface area contributed by atoms with Crippen molar-refractivity contribution in [3.05, 3.63) is 29.3 Å². The normalized spacial score (nSPS) is 23.9. The summed E-state index contributed by atoms with van der Waals surface area (Å²) in [7, 11) is 3.11. The average molecular weight is 285 g/mol. The van der Waals surface area contributed by atoms with Gasteiger partial charge in [0.05, 0.1) is 13.2 Å². The van der Waals surface area contributed by atoms with Crippen molar-refractivity contribution in [2.45, 2.75) is 31.9 Å². The molecule has 2 rings (SSSR count). The first kappa shape index (κ1) is 15.2. The summed E-state index contributed by atoms with van der Waals surface area (Å²) in [5, 5.41) is 3.04. The van der Waals surface area contributed by atoms with Crippen molar-refractivity contribution in [1.29, 1.82) is 0 Å². The van der Waals surface area contributed by atoms with Crippen LogP contribution in [0.15, 0.2) is 12.1 Å². The zero-order chi connectivity index (χ0) is 14.7. The van der Waals surface area contributed by atoms with Gasteiger partial charge in [-0.25, -0.2) is 8.78 Å². The van der Waals surface area contributed by atoms with Crippen LogP contribution in [0, 0.1) is 17.6 Å². The highest BCUT2D eigenvalue weighted by Gasteiger charge is 2.36.